The molecule has 0 saturated heterocycles. The van der Waals surface area contributed by atoms with Gasteiger partial charge in [0.1, 0.15) is 12.1 Å². The lowest BCUT2D eigenvalue weighted by Crippen LogP contribution is -2.32. The number of aromatic hydroxyl groups is 2. The van der Waals surface area contributed by atoms with Crippen LogP contribution in [0.15, 0.2) is 18.2 Å². The fraction of sp³-hybridized carbons (Fsp3) is 0.806. The second-order valence-corrected chi connectivity index (χ2v) is 13.9. The molecule has 0 saturated carbocycles. The number of phenolic OH excluding ortho intramolecular Hbond substituents is 2. The lowest BCUT2D eigenvalue weighted by Gasteiger charge is -2.18. The Morgan fingerprint density at radius 1 is 0.708 bits per heavy atom. The monoisotopic (exact) mass is 705 g/mol. The average molecular weight is 706 g/mol. The fourth-order valence-electron chi connectivity index (χ4n) is 5.11. The van der Waals surface area contributed by atoms with Gasteiger partial charge < -0.3 is 40.3 Å². The number of hydrogen-bond donors (Lipinski definition) is 6. The number of rotatable bonds is 31. The molecule has 11 nitrogen and oxygen atoms in total. The summed E-state index contributed by atoms with van der Waals surface area (Å²) in [7, 11) is -4.49. The van der Waals surface area contributed by atoms with E-state index in [4.69, 9.17) is 40.3 Å². The van der Waals surface area contributed by atoms with Crippen LogP contribution in [0, 0.1) is 0 Å². The summed E-state index contributed by atoms with van der Waals surface area (Å²) in [6, 6.07) is 3.09. The SMILES string of the molecule is CCCCCCCCCCCCOC[C@H](COP(=O)(O)O)OCCCCCCCCCCCC.N[C@@H](Cc1ccc(O)c(O)c1)C(=O)O. The van der Waals surface area contributed by atoms with Crippen molar-refractivity contribution in [2.45, 2.75) is 161 Å². The van der Waals surface area contributed by atoms with Gasteiger partial charge in [0.25, 0.3) is 0 Å². The molecule has 0 heterocycles. The van der Waals surface area contributed by atoms with Gasteiger partial charge in [0, 0.05) is 13.2 Å². The Labute approximate surface area is 290 Å². The van der Waals surface area contributed by atoms with Gasteiger partial charge in [-0.15, -0.1) is 0 Å². The fourth-order valence-corrected chi connectivity index (χ4v) is 5.47. The first-order valence-electron chi connectivity index (χ1n) is 18.4. The zero-order valence-electron chi connectivity index (χ0n) is 29.9. The maximum Gasteiger partial charge on any atom is 0.469 e. The number of carbonyl (C=O) groups is 1. The number of phosphoric acid groups is 1. The standard InChI is InChI=1S/C27H57O6P.C9H11NO4/c1-3-5-7-9-11-13-15-17-19-21-23-31-25-27(26-33-34(28,29)30)32-24-22-20-18-16-14-12-10-8-6-4-2;10-6(9(13)14)3-5-1-2-7(11)8(12)4-5/h27H,3-26H2,1-2H3,(H2,28,29,30);1-2,4,6,11-12H,3,10H2,(H,13,14)/t27-;6-/m10/s1. The molecule has 12 heteroatoms. The smallest absolute Gasteiger partial charge is 0.469 e. The Balaban J connectivity index is 0.00000130. The van der Waals surface area contributed by atoms with Crippen LogP contribution < -0.4 is 5.73 Å². The first-order valence-corrected chi connectivity index (χ1v) is 19.9. The number of carboxylic acids is 1. The van der Waals surface area contributed by atoms with Crippen LogP contribution in [0.25, 0.3) is 0 Å². The Bertz CT molecular complexity index is 945. The molecule has 0 bridgehead atoms. The zero-order valence-corrected chi connectivity index (χ0v) is 30.8. The van der Waals surface area contributed by atoms with Crippen LogP contribution in [0.4, 0.5) is 0 Å². The Morgan fingerprint density at radius 3 is 1.60 bits per heavy atom. The van der Waals surface area contributed by atoms with Crippen molar-refractivity contribution in [1.29, 1.82) is 0 Å². The molecule has 48 heavy (non-hydrogen) atoms. The highest BCUT2D eigenvalue weighted by Gasteiger charge is 2.19. The van der Waals surface area contributed by atoms with E-state index in [1.54, 1.807) is 0 Å². The minimum atomic E-state index is -4.49. The predicted octanol–water partition coefficient (Wildman–Crippen LogP) is 8.39. The van der Waals surface area contributed by atoms with Crippen molar-refractivity contribution in [2.75, 3.05) is 26.4 Å². The lowest BCUT2D eigenvalue weighted by molar-refractivity contribution is -0.138. The van der Waals surface area contributed by atoms with Gasteiger partial charge in [-0.3, -0.25) is 9.32 Å². The number of ether oxygens (including phenoxy) is 2. The summed E-state index contributed by atoms with van der Waals surface area (Å²) in [5.41, 5.74) is 5.86. The van der Waals surface area contributed by atoms with Gasteiger partial charge in [0.2, 0.25) is 0 Å². The maximum absolute atomic E-state index is 11.0. The van der Waals surface area contributed by atoms with E-state index in [0.29, 0.717) is 25.4 Å². The highest BCUT2D eigenvalue weighted by Crippen LogP contribution is 2.36. The normalized spacial score (nSPS) is 12.8. The number of benzene rings is 1. The maximum atomic E-state index is 11.0. The van der Waals surface area contributed by atoms with E-state index >= 15 is 0 Å². The summed E-state index contributed by atoms with van der Waals surface area (Å²) in [6.07, 6.45) is 25.1. The number of unbranched alkanes of at least 4 members (excludes halogenated alkanes) is 18. The van der Waals surface area contributed by atoms with Crippen LogP contribution >= 0.6 is 7.82 Å². The molecule has 0 aromatic heterocycles. The van der Waals surface area contributed by atoms with Gasteiger partial charge in [-0.25, -0.2) is 4.57 Å². The summed E-state index contributed by atoms with van der Waals surface area (Å²) in [6.45, 7) is 5.91. The summed E-state index contributed by atoms with van der Waals surface area (Å²) in [5, 5.41) is 26.6. The second-order valence-electron chi connectivity index (χ2n) is 12.7. The second kappa shape index (κ2) is 31.3. The third kappa shape index (κ3) is 30.3. The van der Waals surface area contributed by atoms with Crippen molar-refractivity contribution >= 4 is 13.8 Å². The molecule has 0 unspecified atom stereocenters. The molecular formula is C36H68NO10P. The summed E-state index contributed by atoms with van der Waals surface area (Å²) >= 11 is 0. The van der Waals surface area contributed by atoms with E-state index in [1.165, 1.54) is 121 Å². The molecule has 7 N–H and O–H groups in total. The third-order valence-electron chi connectivity index (χ3n) is 8.04. The van der Waals surface area contributed by atoms with Crippen LogP contribution in [0.3, 0.4) is 0 Å². The van der Waals surface area contributed by atoms with Crippen molar-refractivity contribution in [2.24, 2.45) is 5.73 Å². The molecular weight excluding hydrogens is 637 g/mol. The topological polar surface area (TPSA) is 189 Å². The van der Waals surface area contributed by atoms with Gasteiger partial charge in [0.15, 0.2) is 11.5 Å². The molecule has 0 aliphatic rings. The first-order chi connectivity index (χ1) is 23.0. The van der Waals surface area contributed by atoms with Crippen molar-refractivity contribution in [3.8, 4) is 11.5 Å². The van der Waals surface area contributed by atoms with E-state index in [9.17, 15) is 9.36 Å². The van der Waals surface area contributed by atoms with Crippen LogP contribution in [0.1, 0.15) is 148 Å². The van der Waals surface area contributed by atoms with Gasteiger partial charge in [0.05, 0.1) is 13.2 Å². The van der Waals surface area contributed by atoms with Gasteiger partial charge >= 0.3 is 13.8 Å². The lowest BCUT2D eigenvalue weighted by atomic mass is 10.1. The van der Waals surface area contributed by atoms with Crippen molar-refractivity contribution < 1.29 is 48.5 Å². The van der Waals surface area contributed by atoms with Gasteiger partial charge in [-0.1, -0.05) is 135 Å². The summed E-state index contributed by atoms with van der Waals surface area (Å²) < 4.78 is 27.2. The Hall–Kier alpha value is -1.72. The van der Waals surface area contributed by atoms with Crippen LogP contribution in [0.5, 0.6) is 11.5 Å². The van der Waals surface area contributed by atoms with Gasteiger partial charge in [-0.05, 0) is 37.0 Å². The predicted molar refractivity (Wildman–Crippen MR) is 191 cm³/mol. The third-order valence-corrected chi connectivity index (χ3v) is 8.52. The van der Waals surface area contributed by atoms with Crippen LogP contribution in [-0.2, 0) is 29.8 Å². The molecule has 0 aliphatic heterocycles. The number of phosphoric ester groups is 1. The molecule has 0 amide bonds. The molecule has 0 radical (unpaired) electrons. The first kappa shape index (κ1) is 46.3. The molecule has 1 rings (SSSR count). The Kier molecular flexibility index (Phi) is 30.2. The van der Waals surface area contributed by atoms with E-state index in [2.05, 4.69) is 18.4 Å². The van der Waals surface area contributed by atoms with Crippen LogP contribution in [0.2, 0.25) is 0 Å². The van der Waals surface area contributed by atoms with E-state index < -0.39 is 25.9 Å². The average Bonchev–Trinajstić information content (AvgIpc) is 3.04. The minimum absolute atomic E-state index is 0.114. The highest BCUT2D eigenvalue weighted by atomic mass is 31.2. The van der Waals surface area contributed by atoms with Crippen molar-refractivity contribution in [3.05, 3.63) is 23.8 Å². The Morgan fingerprint density at radius 2 is 1.17 bits per heavy atom. The summed E-state index contributed by atoms with van der Waals surface area (Å²) in [5.74, 6) is -1.62. The van der Waals surface area contributed by atoms with Gasteiger partial charge in [-0.2, -0.15) is 0 Å². The number of aliphatic carboxylic acids is 1. The van der Waals surface area contributed by atoms with Crippen molar-refractivity contribution in [3.63, 3.8) is 0 Å². The van der Waals surface area contributed by atoms with E-state index in [1.807, 2.05) is 0 Å². The number of nitrogens with two attached hydrogens (primary N) is 1. The van der Waals surface area contributed by atoms with Crippen molar-refractivity contribution in [1.82, 2.24) is 0 Å². The number of phenols is 2. The molecule has 282 valence electrons. The molecule has 1 aromatic rings. The molecule has 1 aromatic carbocycles. The summed E-state index contributed by atoms with van der Waals surface area (Å²) in [4.78, 5) is 28.4. The molecule has 0 fully saturated rings. The van der Waals surface area contributed by atoms with E-state index in [0.717, 1.165) is 25.7 Å². The molecule has 0 aliphatic carbocycles. The number of hydrogen-bond acceptors (Lipinski definition) is 8. The van der Waals surface area contributed by atoms with Crippen LogP contribution in [-0.4, -0.2) is 69.6 Å². The highest BCUT2D eigenvalue weighted by molar-refractivity contribution is 7.46. The zero-order chi connectivity index (χ0) is 35.9. The largest absolute Gasteiger partial charge is 0.504 e. The number of carboxylic acid groups (broad SMARTS) is 1. The minimum Gasteiger partial charge on any atom is -0.504 e. The molecule has 0 spiro atoms. The quantitative estimate of drug-likeness (QED) is 0.0247. The van der Waals surface area contributed by atoms with E-state index in [-0.39, 0.29) is 24.5 Å². The molecule has 2 atom stereocenters.